The van der Waals surface area contributed by atoms with Gasteiger partial charge in [0, 0.05) is 12.3 Å². The molecule has 0 amide bonds. The summed E-state index contributed by atoms with van der Waals surface area (Å²) in [5, 5.41) is 0. The number of rotatable bonds is 8. The highest BCUT2D eigenvalue weighted by molar-refractivity contribution is 5.81. The van der Waals surface area contributed by atoms with E-state index in [0.29, 0.717) is 23.5 Å². The first-order valence-corrected chi connectivity index (χ1v) is 7.95. The van der Waals surface area contributed by atoms with E-state index in [0.717, 1.165) is 38.6 Å². The van der Waals surface area contributed by atoms with E-state index in [-0.39, 0.29) is 0 Å². The van der Waals surface area contributed by atoms with Crippen molar-refractivity contribution in [2.24, 2.45) is 23.5 Å². The van der Waals surface area contributed by atoms with Gasteiger partial charge in [0.2, 0.25) is 0 Å². The lowest BCUT2D eigenvalue weighted by atomic mass is 9.74. The minimum Gasteiger partial charge on any atom is -0.330 e. The molecule has 1 saturated carbocycles. The van der Waals surface area contributed by atoms with Crippen molar-refractivity contribution in [1.82, 2.24) is 0 Å². The van der Waals surface area contributed by atoms with Gasteiger partial charge in [0.15, 0.2) is 0 Å². The Hall–Kier alpha value is -0.370. The van der Waals surface area contributed by atoms with Gasteiger partial charge >= 0.3 is 0 Å². The smallest absolute Gasteiger partial charge is 0.136 e. The van der Waals surface area contributed by atoms with Crippen LogP contribution in [0.3, 0.4) is 0 Å². The lowest BCUT2D eigenvalue weighted by Crippen LogP contribution is -2.27. The topological polar surface area (TPSA) is 43.1 Å². The molecule has 0 aliphatic heterocycles. The van der Waals surface area contributed by atoms with Crippen molar-refractivity contribution >= 4 is 5.78 Å². The van der Waals surface area contributed by atoms with Crippen LogP contribution in [0.1, 0.15) is 71.6 Å². The Labute approximate surface area is 113 Å². The molecule has 18 heavy (non-hydrogen) atoms. The summed E-state index contributed by atoms with van der Waals surface area (Å²) in [5.74, 6) is 2.24. The third-order valence-electron chi connectivity index (χ3n) is 4.80. The van der Waals surface area contributed by atoms with Crippen molar-refractivity contribution in [3.8, 4) is 0 Å². The van der Waals surface area contributed by atoms with E-state index in [1.165, 1.54) is 25.7 Å². The molecule has 0 bridgehead atoms. The highest BCUT2D eigenvalue weighted by Crippen LogP contribution is 2.34. The summed E-state index contributed by atoms with van der Waals surface area (Å²) in [6.45, 7) is 5.20. The first-order chi connectivity index (χ1) is 8.72. The standard InChI is InChI=1S/C16H31NO/c1-3-13(11-12-17)9-10-16(18)15-8-6-5-7-14(15)4-2/h13-15H,3-12,17H2,1-2H3. The maximum atomic E-state index is 12.4. The largest absolute Gasteiger partial charge is 0.330 e. The summed E-state index contributed by atoms with van der Waals surface area (Å²) < 4.78 is 0. The molecule has 2 heteroatoms. The zero-order valence-electron chi connectivity index (χ0n) is 12.3. The number of carbonyl (C=O) groups is 1. The van der Waals surface area contributed by atoms with Gasteiger partial charge in [-0.15, -0.1) is 0 Å². The van der Waals surface area contributed by atoms with Gasteiger partial charge in [-0.2, -0.15) is 0 Å². The summed E-state index contributed by atoms with van der Waals surface area (Å²) >= 11 is 0. The van der Waals surface area contributed by atoms with Gasteiger partial charge in [0.05, 0.1) is 0 Å². The van der Waals surface area contributed by atoms with E-state index in [4.69, 9.17) is 5.73 Å². The molecule has 0 aromatic heterocycles. The van der Waals surface area contributed by atoms with Crippen molar-refractivity contribution < 1.29 is 4.79 Å². The average molecular weight is 253 g/mol. The Morgan fingerprint density at radius 2 is 1.94 bits per heavy atom. The molecule has 1 fully saturated rings. The zero-order chi connectivity index (χ0) is 13.4. The summed E-state index contributed by atoms with van der Waals surface area (Å²) in [5.41, 5.74) is 5.61. The van der Waals surface area contributed by atoms with Crippen LogP contribution in [-0.4, -0.2) is 12.3 Å². The normalized spacial score (nSPS) is 25.9. The van der Waals surface area contributed by atoms with Crippen LogP contribution < -0.4 is 5.73 Å². The quantitative estimate of drug-likeness (QED) is 0.712. The average Bonchev–Trinajstić information content (AvgIpc) is 2.42. The summed E-state index contributed by atoms with van der Waals surface area (Å²) in [7, 11) is 0. The van der Waals surface area contributed by atoms with Crippen molar-refractivity contribution in [3.63, 3.8) is 0 Å². The van der Waals surface area contributed by atoms with Crippen LogP contribution in [0, 0.1) is 17.8 Å². The summed E-state index contributed by atoms with van der Waals surface area (Å²) in [4.78, 5) is 12.4. The predicted octanol–water partition coefficient (Wildman–Crippen LogP) is 3.93. The van der Waals surface area contributed by atoms with Crippen LogP contribution in [0.25, 0.3) is 0 Å². The van der Waals surface area contributed by atoms with Crippen LogP contribution in [0.4, 0.5) is 0 Å². The molecule has 2 nitrogen and oxygen atoms in total. The molecule has 1 aliphatic rings. The molecular formula is C16H31NO. The molecule has 0 aromatic carbocycles. The summed E-state index contributed by atoms with van der Waals surface area (Å²) in [6, 6.07) is 0. The Morgan fingerprint density at radius 3 is 2.56 bits per heavy atom. The van der Waals surface area contributed by atoms with Crippen molar-refractivity contribution in [2.45, 2.75) is 71.6 Å². The molecule has 0 saturated heterocycles. The van der Waals surface area contributed by atoms with Crippen molar-refractivity contribution in [3.05, 3.63) is 0 Å². The number of hydrogen-bond donors (Lipinski definition) is 1. The maximum absolute atomic E-state index is 12.4. The second-order valence-electron chi connectivity index (χ2n) is 5.92. The molecule has 0 radical (unpaired) electrons. The van der Waals surface area contributed by atoms with Crippen molar-refractivity contribution in [2.75, 3.05) is 6.54 Å². The predicted molar refractivity (Wildman–Crippen MR) is 77.4 cm³/mol. The first-order valence-electron chi connectivity index (χ1n) is 7.95. The Morgan fingerprint density at radius 1 is 1.22 bits per heavy atom. The van der Waals surface area contributed by atoms with Crippen LogP contribution in [-0.2, 0) is 4.79 Å². The van der Waals surface area contributed by atoms with E-state index in [9.17, 15) is 4.79 Å². The zero-order valence-corrected chi connectivity index (χ0v) is 12.3. The second-order valence-corrected chi connectivity index (χ2v) is 5.92. The maximum Gasteiger partial charge on any atom is 0.136 e. The molecule has 0 heterocycles. The van der Waals surface area contributed by atoms with Gasteiger partial charge < -0.3 is 5.73 Å². The molecule has 3 unspecified atom stereocenters. The van der Waals surface area contributed by atoms with E-state index in [1.807, 2.05) is 0 Å². The molecular weight excluding hydrogens is 222 g/mol. The first kappa shape index (κ1) is 15.7. The second kappa shape index (κ2) is 8.68. The molecule has 0 spiro atoms. The molecule has 0 aromatic rings. The van der Waals surface area contributed by atoms with Gasteiger partial charge in [0.25, 0.3) is 0 Å². The molecule has 106 valence electrons. The molecule has 1 aliphatic carbocycles. The van der Waals surface area contributed by atoms with Crippen LogP contribution in [0.5, 0.6) is 0 Å². The van der Waals surface area contributed by atoms with Gasteiger partial charge in [0.1, 0.15) is 5.78 Å². The molecule has 1 rings (SSSR count). The Kier molecular flexibility index (Phi) is 7.57. The number of carbonyl (C=O) groups excluding carboxylic acids is 1. The van der Waals surface area contributed by atoms with E-state index < -0.39 is 0 Å². The van der Waals surface area contributed by atoms with E-state index in [2.05, 4.69) is 13.8 Å². The highest BCUT2D eigenvalue weighted by Gasteiger charge is 2.29. The lowest BCUT2D eigenvalue weighted by Gasteiger charge is -2.30. The molecule has 2 N–H and O–H groups in total. The SMILES string of the molecule is CCC(CCN)CCC(=O)C1CCCCC1CC. The highest BCUT2D eigenvalue weighted by atomic mass is 16.1. The number of nitrogens with two attached hydrogens (primary N) is 1. The minimum atomic E-state index is 0.374. The van der Waals surface area contributed by atoms with Gasteiger partial charge in [-0.25, -0.2) is 0 Å². The summed E-state index contributed by atoms with van der Waals surface area (Å²) in [6.07, 6.45) is 10.3. The monoisotopic (exact) mass is 253 g/mol. The van der Waals surface area contributed by atoms with Crippen LogP contribution in [0.15, 0.2) is 0 Å². The minimum absolute atomic E-state index is 0.374. The van der Waals surface area contributed by atoms with Crippen LogP contribution >= 0.6 is 0 Å². The Balaban J connectivity index is 2.38. The Bertz CT molecular complexity index is 239. The lowest BCUT2D eigenvalue weighted by molar-refractivity contribution is -0.126. The molecule has 3 atom stereocenters. The van der Waals surface area contributed by atoms with Gasteiger partial charge in [-0.1, -0.05) is 39.5 Å². The fourth-order valence-corrected chi connectivity index (χ4v) is 3.44. The van der Waals surface area contributed by atoms with Gasteiger partial charge in [-0.3, -0.25) is 4.79 Å². The van der Waals surface area contributed by atoms with Crippen molar-refractivity contribution in [1.29, 1.82) is 0 Å². The fourth-order valence-electron chi connectivity index (χ4n) is 3.44. The number of ketones is 1. The fraction of sp³-hybridized carbons (Fsp3) is 0.938. The van der Waals surface area contributed by atoms with Crippen LogP contribution in [0.2, 0.25) is 0 Å². The third-order valence-corrected chi connectivity index (χ3v) is 4.80. The number of Topliss-reactive ketones (excluding diaryl/α,β-unsaturated/α-hetero) is 1. The van der Waals surface area contributed by atoms with E-state index in [1.54, 1.807) is 0 Å². The van der Waals surface area contributed by atoms with E-state index >= 15 is 0 Å². The van der Waals surface area contributed by atoms with Gasteiger partial charge in [-0.05, 0) is 44.1 Å². The third kappa shape index (κ3) is 4.72. The number of hydrogen-bond acceptors (Lipinski definition) is 2.